The molecule has 0 bridgehead atoms. The Hall–Kier alpha value is -0.600. The predicted octanol–water partition coefficient (Wildman–Crippen LogP) is -0.136. The fourth-order valence-electron chi connectivity index (χ4n) is 2.91. The number of carbonyl (C=O) groups excluding carboxylic acids is 2. The summed E-state index contributed by atoms with van der Waals surface area (Å²) in [4.78, 5) is 28.2. The van der Waals surface area contributed by atoms with Gasteiger partial charge in [-0.15, -0.1) is 24.8 Å². The van der Waals surface area contributed by atoms with Gasteiger partial charge in [0.15, 0.2) is 0 Å². The van der Waals surface area contributed by atoms with Gasteiger partial charge >= 0.3 is 0 Å². The third kappa shape index (κ3) is 7.11. The molecular formula is C15H30Cl2N4O3. The van der Waals surface area contributed by atoms with Crippen LogP contribution in [0.15, 0.2) is 0 Å². The highest BCUT2D eigenvalue weighted by Crippen LogP contribution is 2.17. The number of carbonyl (C=O) groups is 2. The van der Waals surface area contributed by atoms with E-state index in [9.17, 15) is 9.59 Å². The molecule has 24 heavy (non-hydrogen) atoms. The lowest BCUT2D eigenvalue weighted by Gasteiger charge is -2.32. The zero-order valence-corrected chi connectivity index (χ0v) is 15.9. The van der Waals surface area contributed by atoms with E-state index in [0.717, 1.165) is 39.0 Å². The molecule has 2 amide bonds. The summed E-state index contributed by atoms with van der Waals surface area (Å²) in [6.45, 7) is 5.07. The van der Waals surface area contributed by atoms with E-state index in [4.69, 9.17) is 10.5 Å². The van der Waals surface area contributed by atoms with Gasteiger partial charge in [0.1, 0.15) is 0 Å². The van der Waals surface area contributed by atoms with Crippen LogP contribution in [0.5, 0.6) is 0 Å². The van der Waals surface area contributed by atoms with Gasteiger partial charge in [0, 0.05) is 52.4 Å². The van der Waals surface area contributed by atoms with Gasteiger partial charge in [-0.2, -0.15) is 0 Å². The van der Waals surface area contributed by atoms with Gasteiger partial charge in [0.05, 0.1) is 6.04 Å². The summed E-state index contributed by atoms with van der Waals surface area (Å²) in [6.07, 6.45) is 2.00. The lowest BCUT2D eigenvalue weighted by atomic mass is 9.92. The molecule has 0 saturated carbocycles. The van der Waals surface area contributed by atoms with Crippen LogP contribution in [0, 0.1) is 5.92 Å². The summed E-state index contributed by atoms with van der Waals surface area (Å²) >= 11 is 0. The highest BCUT2D eigenvalue weighted by Gasteiger charge is 2.26. The van der Waals surface area contributed by atoms with Crippen LogP contribution in [0.3, 0.4) is 0 Å². The first-order valence-corrected chi connectivity index (χ1v) is 8.15. The second-order valence-corrected chi connectivity index (χ2v) is 6.20. The number of nitrogens with zero attached hydrogens (tertiary/aromatic N) is 2. The predicted molar refractivity (Wildman–Crippen MR) is 97.7 cm³/mol. The molecule has 2 rings (SSSR count). The first-order valence-electron chi connectivity index (χ1n) is 8.15. The Kier molecular flexibility index (Phi) is 11.6. The van der Waals surface area contributed by atoms with Crippen molar-refractivity contribution in [1.29, 1.82) is 0 Å². The van der Waals surface area contributed by atoms with E-state index >= 15 is 0 Å². The summed E-state index contributed by atoms with van der Waals surface area (Å²) in [7, 11) is 2.06. The first-order chi connectivity index (χ1) is 10.6. The van der Waals surface area contributed by atoms with Crippen molar-refractivity contribution in [3.63, 3.8) is 0 Å². The quantitative estimate of drug-likeness (QED) is 0.688. The van der Waals surface area contributed by atoms with E-state index in [0.29, 0.717) is 26.2 Å². The van der Waals surface area contributed by atoms with Crippen LogP contribution in [0.25, 0.3) is 0 Å². The van der Waals surface area contributed by atoms with Crippen molar-refractivity contribution in [3.8, 4) is 0 Å². The van der Waals surface area contributed by atoms with Crippen LogP contribution in [0.4, 0.5) is 0 Å². The molecular weight excluding hydrogens is 355 g/mol. The van der Waals surface area contributed by atoms with E-state index in [1.165, 1.54) is 0 Å². The Morgan fingerprint density at radius 3 is 2.33 bits per heavy atom. The molecule has 1 unspecified atom stereocenters. The molecule has 9 heteroatoms. The molecule has 0 aromatic heterocycles. The molecule has 0 radical (unpaired) electrons. The maximum atomic E-state index is 12.1. The second kappa shape index (κ2) is 11.9. The minimum absolute atomic E-state index is 0. The van der Waals surface area contributed by atoms with Crippen LogP contribution in [-0.4, -0.2) is 80.6 Å². The lowest BCUT2D eigenvalue weighted by molar-refractivity contribution is -0.132. The number of hydrogen-bond donors (Lipinski definition) is 2. The largest absolute Gasteiger partial charge is 0.381 e. The summed E-state index contributed by atoms with van der Waals surface area (Å²) in [5.74, 6) is 0.133. The number of nitrogens with one attached hydrogen (secondary N) is 1. The topological polar surface area (TPSA) is 87.9 Å². The number of rotatable bonds is 5. The Bertz CT molecular complexity index is 387. The number of piperazine rings is 1. The molecule has 0 aromatic rings. The van der Waals surface area contributed by atoms with Crippen molar-refractivity contribution in [2.75, 3.05) is 53.0 Å². The standard InChI is InChI=1S/C15H28N4O3.2ClH/c1-18-6-8-19(9-7-18)13(20)2-5-17-15(21)14(16)12-3-10-22-11-4-12;;/h12,14H,2-11,16H2,1H3,(H,17,21);2*1H. The molecule has 0 spiro atoms. The Morgan fingerprint density at radius 1 is 1.17 bits per heavy atom. The maximum Gasteiger partial charge on any atom is 0.237 e. The van der Waals surface area contributed by atoms with E-state index < -0.39 is 6.04 Å². The van der Waals surface area contributed by atoms with Crippen LogP contribution in [-0.2, 0) is 14.3 Å². The SMILES string of the molecule is CN1CCN(C(=O)CCNC(=O)C(N)C2CCOCC2)CC1.Cl.Cl. The molecule has 2 aliphatic rings. The first kappa shape index (κ1) is 23.4. The minimum Gasteiger partial charge on any atom is -0.381 e. The summed E-state index contributed by atoms with van der Waals surface area (Å²) in [6, 6.07) is -0.498. The third-order valence-corrected chi connectivity index (χ3v) is 4.57. The summed E-state index contributed by atoms with van der Waals surface area (Å²) in [5, 5.41) is 2.80. The van der Waals surface area contributed by atoms with Gasteiger partial charge in [-0.25, -0.2) is 0 Å². The number of halogens is 2. The van der Waals surface area contributed by atoms with Crippen molar-refractivity contribution in [2.45, 2.75) is 25.3 Å². The Labute approximate surface area is 156 Å². The van der Waals surface area contributed by atoms with Gasteiger partial charge in [0.25, 0.3) is 0 Å². The monoisotopic (exact) mass is 384 g/mol. The van der Waals surface area contributed by atoms with Crippen molar-refractivity contribution in [2.24, 2.45) is 11.7 Å². The molecule has 2 heterocycles. The van der Waals surface area contributed by atoms with Gasteiger partial charge in [0.2, 0.25) is 11.8 Å². The second-order valence-electron chi connectivity index (χ2n) is 6.20. The number of ether oxygens (including phenoxy) is 1. The van der Waals surface area contributed by atoms with Crippen LogP contribution in [0.1, 0.15) is 19.3 Å². The maximum absolute atomic E-state index is 12.1. The number of amides is 2. The van der Waals surface area contributed by atoms with E-state index in [1.54, 1.807) is 0 Å². The molecule has 1 atom stereocenters. The number of hydrogen-bond acceptors (Lipinski definition) is 5. The van der Waals surface area contributed by atoms with E-state index in [2.05, 4.69) is 17.3 Å². The molecule has 2 fully saturated rings. The van der Waals surface area contributed by atoms with Crippen LogP contribution < -0.4 is 11.1 Å². The Balaban J connectivity index is 0.00000264. The molecule has 3 N–H and O–H groups in total. The molecule has 2 saturated heterocycles. The highest BCUT2D eigenvalue weighted by molar-refractivity contribution is 5.85. The fourth-order valence-corrected chi connectivity index (χ4v) is 2.91. The van der Waals surface area contributed by atoms with E-state index in [1.807, 2.05) is 4.90 Å². The average Bonchev–Trinajstić information content (AvgIpc) is 2.55. The lowest BCUT2D eigenvalue weighted by Crippen LogP contribution is -2.49. The molecule has 142 valence electrons. The van der Waals surface area contributed by atoms with Crippen molar-refractivity contribution in [3.05, 3.63) is 0 Å². The molecule has 0 aliphatic carbocycles. The normalized spacial score (nSPS) is 20.5. The van der Waals surface area contributed by atoms with Gasteiger partial charge in [-0.05, 0) is 25.8 Å². The van der Waals surface area contributed by atoms with Gasteiger partial charge < -0.3 is 25.6 Å². The molecule has 0 aromatic carbocycles. The average molecular weight is 385 g/mol. The molecule has 7 nitrogen and oxygen atoms in total. The van der Waals surface area contributed by atoms with Crippen molar-refractivity contribution in [1.82, 2.24) is 15.1 Å². The minimum atomic E-state index is -0.498. The van der Waals surface area contributed by atoms with Crippen LogP contribution >= 0.6 is 24.8 Å². The fraction of sp³-hybridized carbons (Fsp3) is 0.867. The van der Waals surface area contributed by atoms with Crippen LogP contribution in [0.2, 0.25) is 0 Å². The Morgan fingerprint density at radius 2 is 1.75 bits per heavy atom. The van der Waals surface area contributed by atoms with Crippen molar-refractivity contribution >= 4 is 36.6 Å². The smallest absolute Gasteiger partial charge is 0.237 e. The molecule has 2 aliphatic heterocycles. The van der Waals surface area contributed by atoms with Gasteiger partial charge in [-0.1, -0.05) is 0 Å². The summed E-state index contributed by atoms with van der Waals surface area (Å²) in [5.41, 5.74) is 6.00. The van der Waals surface area contributed by atoms with Crippen molar-refractivity contribution < 1.29 is 14.3 Å². The summed E-state index contributed by atoms with van der Waals surface area (Å²) < 4.78 is 5.28. The number of nitrogens with two attached hydrogens (primary N) is 1. The number of likely N-dealkylation sites (N-methyl/N-ethyl adjacent to an activating group) is 1. The zero-order valence-electron chi connectivity index (χ0n) is 14.2. The third-order valence-electron chi connectivity index (χ3n) is 4.57. The van der Waals surface area contributed by atoms with Gasteiger partial charge in [-0.3, -0.25) is 9.59 Å². The van der Waals surface area contributed by atoms with E-state index in [-0.39, 0.29) is 42.5 Å². The highest BCUT2D eigenvalue weighted by atomic mass is 35.5. The zero-order chi connectivity index (χ0) is 15.9.